The minimum atomic E-state index is -4.47. The first-order valence-electron chi connectivity index (χ1n) is 12.2. The maximum Gasteiger partial charge on any atom is 0.416 e. The lowest BCUT2D eigenvalue weighted by atomic mass is 9.80. The normalized spacial score (nSPS) is 15.0. The molecule has 4 rings (SSSR count). The number of anilines is 2. The van der Waals surface area contributed by atoms with Crippen LogP contribution in [0.3, 0.4) is 0 Å². The largest absolute Gasteiger partial charge is 0.475 e. The van der Waals surface area contributed by atoms with Crippen LogP contribution < -0.4 is 10.6 Å². The highest BCUT2D eigenvalue weighted by Crippen LogP contribution is 2.34. The van der Waals surface area contributed by atoms with Crippen molar-refractivity contribution >= 4 is 34.8 Å². The monoisotopic (exact) mass is 518 g/mol. The van der Waals surface area contributed by atoms with Crippen molar-refractivity contribution in [2.45, 2.75) is 65.2 Å². The van der Waals surface area contributed by atoms with E-state index in [0.717, 1.165) is 31.4 Å². The van der Waals surface area contributed by atoms with Crippen molar-refractivity contribution in [1.82, 2.24) is 19.5 Å². The van der Waals surface area contributed by atoms with Gasteiger partial charge in [-0.1, -0.05) is 32.4 Å². The molecule has 0 unspecified atom stereocenters. The van der Waals surface area contributed by atoms with Crippen molar-refractivity contribution in [3.8, 4) is 0 Å². The van der Waals surface area contributed by atoms with E-state index in [0.29, 0.717) is 17.0 Å². The fraction of sp³-hybridized carbons (Fsp3) is 0.480. The van der Waals surface area contributed by atoms with Crippen LogP contribution in [-0.4, -0.2) is 42.5 Å². The third-order valence-electron chi connectivity index (χ3n) is 6.48. The Kier molecular flexibility index (Phi) is 7.37. The van der Waals surface area contributed by atoms with E-state index in [1.54, 1.807) is 4.57 Å². The third-order valence-corrected chi connectivity index (χ3v) is 6.48. The van der Waals surface area contributed by atoms with Crippen LogP contribution in [0.5, 0.6) is 0 Å². The number of aromatic carboxylic acids is 1. The molecule has 2 heterocycles. The van der Waals surface area contributed by atoms with E-state index in [2.05, 4.69) is 25.6 Å². The molecule has 1 aromatic carbocycles. The second-order valence-corrected chi connectivity index (χ2v) is 9.86. The molecule has 0 spiro atoms. The van der Waals surface area contributed by atoms with E-state index in [1.165, 1.54) is 12.1 Å². The summed E-state index contributed by atoms with van der Waals surface area (Å²) >= 11 is 0. The van der Waals surface area contributed by atoms with Crippen LogP contribution in [0.25, 0.3) is 11.2 Å². The molecule has 0 bridgehead atoms. The summed E-state index contributed by atoms with van der Waals surface area (Å²) < 4.78 is 40.8. The molecule has 0 aliphatic heterocycles. The zero-order chi connectivity index (χ0) is 26.9. The van der Waals surface area contributed by atoms with Crippen molar-refractivity contribution in [2.75, 3.05) is 10.6 Å². The molecule has 37 heavy (non-hydrogen) atoms. The number of carboxylic acids is 1. The Bertz CT molecular complexity index is 1300. The van der Waals surface area contributed by atoms with Gasteiger partial charge in [-0.3, -0.25) is 10.1 Å². The maximum atomic E-state index is 13.1. The number of imidazole rings is 1. The predicted octanol–water partition coefficient (Wildman–Crippen LogP) is 5.18. The molecule has 12 heteroatoms. The van der Waals surface area contributed by atoms with Gasteiger partial charge < -0.3 is 15.0 Å². The average Bonchev–Trinajstić information content (AvgIpc) is 3.08. The van der Waals surface area contributed by atoms with Crippen molar-refractivity contribution in [1.29, 1.82) is 0 Å². The molecule has 3 N–H and O–H groups in total. The summed E-state index contributed by atoms with van der Waals surface area (Å²) in [6.45, 7) is 5.81. The SMILES string of the molecule is CC(C)CC(=O)Nc1nc2nc(C(=O)O)nc(N[C@H](C)C3CCC3)c2n1Cc1ccc(C(F)(F)F)cc1. The Hall–Kier alpha value is -3.70. The summed E-state index contributed by atoms with van der Waals surface area (Å²) in [4.78, 5) is 37.0. The number of amides is 1. The van der Waals surface area contributed by atoms with Gasteiger partial charge in [0.05, 0.1) is 12.1 Å². The first-order valence-corrected chi connectivity index (χ1v) is 12.2. The molecule has 1 atom stereocenters. The fourth-order valence-electron chi connectivity index (χ4n) is 4.28. The van der Waals surface area contributed by atoms with Gasteiger partial charge in [-0.05, 0) is 49.3 Å². The average molecular weight is 519 g/mol. The molecular formula is C25H29F3N6O3. The highest BCUT2D eigenvalue weighted by molar-refractivity contribution is 5.95. The molecular weight excluding hydrogens is 489 g/mol. The van der Waals surface area contributed by atoms with Gasteiger partial charge in [0.1, 0.15) is 5.52 Å². The van der Waals surface area contributed by atoms with Crippen molar-refractivity contribution in [3.63, 3.8) is 0 Å². The van der Waals surface area contributed by atoms with Crippen LogP contribution in [0.1, 0.15) is 68.2 Å². The number of alkyl halides is 3. The predicted molar refractivity (Wildman–Crippen MR) is 131 cm³/mol. The van der Waals surface area contributed by atoms with Crippen LogP contribution in [0.4, 0.5) is 24.9 Å². The molecule has 1 fully saturated rings. The zero-order valence-corrected chi connectivity index (χ0v) is 20.8. The Morgan fingerprint density at radius 2 is 1.78 bits per heavy atom. The van der Waals surface area contributed by atoms with Crippen LogP contribution >= 0.6 is 0 Å². The number of carbonyl (C=O) groups excluding carboxylic acids is 1. The smallest absolute Gasteiger partial charge is 0.416 e. The highest BCUT2D eigenvalue weighted by atomic mass is 19.4. The van der Waals surface area contributed by atoms with Crippen LogP contribution in [0.15, 0.2) is 24.3 Å². The number of halogens is 3. The second-order valence-electron chi connectivity index (χ2n) is 9.86. The summed E-state index contributed by atoms with van der Waals surface area (Å²) in [6.07, 6.45) is -1.05. The van der Waals surface area contributed by atoms with Gasteiger partial charge in [-0.25, -0.2) is 14.8 Å². The first-order chi connectivity index (χ1) is 17.4. The van der Waals surface area contributed by atoms with E-state index < -0.39 is 23.5 Å². The van der Waals surface area contributed by atoms with Crippen LogP contribution in [-0.2, 0) is 17.5 Å². The summed E-state index contributed by atoms with van der Waals surface area (Å²) in [7, 11) is 0. The molecule has 9 nitrogen and oxygen atoms in total. The van der Waals surface area contributed by atoms with Gasteiger partial charge >= 0.3 is 12.1 Å². The topological polar surface area (TPSA) is 122 Å². The van der Waals surface area contributed by atoms with Crippen LogP contribution in [0.2, 0.25) is 0 Å². The lowest BCUT2D eigenvalue weighted by Gasteiger charge is -2.32. The van der Waals surface area contributed by atoms with Gasteiger partial charge in [-0.15, -0.1) is 0 Å². The highest BCUT2D eigenvalue weighted by Gasteiger charge is 2.30. The van der Waals surface area contributed by atoms with Crippen molar-refractivity contribution in [2.24, 2.45) is 11.8 Å². The number of fused-ring (bicyclic) bond motifs is 1. The Balaban J connectivity index is 1.81. The Labute approximate surface area is 211 Å². The minimum Gasteiger partial charge on any atom is -0.475 e. The van der Waals surface area contributed by atoms with E-state index >= 15 is 0 Å². The molecule has 0 saturated heterocycles. The lowest BCUT2D eigenvalue weighted by Crippen LogP contribution is -2.31. The fourth-order valence-corrected chi connectivity index (χ4v) is 4.28. The van der Waals surface area contributed by atoms with Crippen LogP contribution in [0, 0.1) is 11.8 Å². The summed E-state index contributed by atoms with van der Waals surface area (Å²) in [5.41, 5.74) is 0.161. The van der Waals surface area contributed by atoms with Gasteiger partial charge in [0, 0.05) is 12.5 Å². The molecule has 1 aliphatic rings. The molecule has 198 valence electrons. The number of carboxylic acid groups (broad SMARTS) is 1. The molecule has 2 aromatic heterocycles. The van der Waals surface area contributed by atoms with Gasteiger partial charge in [-0.2, -0.15) is 18.2 Å². The number of hydrogen-bond donors (Lipinski definition) is 3. The van der Waals surface area contributed by atoms with E-state index in [9.17, 15) is 27.9 Å². The number of carbonyl (C=O) groups is 2. The van der Waals surface area contributed by atoms with E-state index in [-0.39, 0.29) is 48.2 Å². The van der Waals surface area contributed by atoms with Crippen molar-refractivity contribution in [3.05, 3.63) is 41.2 Å². The van der Waals surface area contributed by atoms with Crippen molar-refractivity contribution < 1.29 is 27.9 Å². The number of rotatable bonds is 9. The third kappa shape index (κ3) is 6.00. The molecule has 1 amide bonds. The molecule has 1 aliphatic carbocycles. The quantitative estimate of drug-likeness (QED) is 0.357. The standard InChI is InChI=1S/C25H29F3N6O3/c1-13(2)11-18(35)30-24-33-21-19(34(24)12-15-7-9-17(10-8-15)25(26,27)28)20(31-22(32-21)23(36)37)29-14(3)16-5-4-6-16/h7-10,13-14,16H,4-6,11-12H2,1-3H3,(H,36,37)(H2,29,30,31,32,33,35)/t14-/m1/s1. The minimum absolute atomic E-state index is 0.0121. The van der Waals surface area contributed by atoms with Gasteiger partial charge in [0.2, 0.25) is 17.7 Å². The lowest BCUT2D eigenvalue weighted by molar-refractivity contribution is -0.137. The summed E-state index contributed by atoms with van der Waals surface area (Å²) in [5, 5.41) is 15.6. The van der Waals surface area contributed by atoms with E-state index in [4.69, 9.17) is 0 Å². The van der Waals surface area contributed by atoms with E-state index in [1.807, 2.05) is 20.8 Å². The molecule has 3 aromatic rings. The zero-order valence-electron chi connectivity index (χ0n) is 20.8. The number of benzene rings is 1. The molecule has 0 radical (unpaired) electrons. The second kappa shape index (κ2) is 10.3. The summed E-state index contributed by atoms with van der Waals surface area (Å²) in [5.74, 6) is -1.26. The maximum absolute atomic E-state index is 13.1. The number of aromatic nitrogens is 4. The number of nitrogens with zero attached hydrogens (tertiary/aromatic N) is 4. The van der Waals surface area contributed by atoms with Gasteiger partial charge in [0.25, 0.3) is 0 Å². The first kappa shape index (κ1) is 26.4. The molecule has 1 saturated carbocycles. The Morgan fingerprint density at radius 1 is 1.11 bits per heavy atom. The Morgan fingerprint density at radius 3 is 2.32 bits per heavy atom. The summed E-state index contributed by atoms with van der Waals surface area (Å²) in [6, 6.07) is 4.67. The number of hydrogen-bond acceptors (Lipinski definition) is 6. The number of nitrogens with one attached hydrogen (secondary N) is 2. The van der Waals surface area contributed by atoms with Gasteiger partial charge in [0.15, 0.2) is 11.5 Å².